The Hall–Kier alpha value is -0.640. The van der Waals surface area contributed by atoms with E-state index in [1.165, 1.54) is 0 Å². The standard InChI is InChI=1S/C11H6BrCl2NO/c1-5-8(11(14)16)6-3-2-4-7(12)9(6)15-10(5)13/h2-4H,1H3. The smallest absolute Gasteiger partial charge is 0.253 e. The number of hydrogen-bond acceptors (Lipinski definition) is 2. The molecule has 0 unspecified atom stereocenters. The number of fused-ring (bicyclic) bond motifs is 1. The number of pyridine rings is 1. The lowest BCUT2D eigenvalue weighted by molar-refractivity contribution is 0.108. The number of hydrogen-bond donors (Lipinski definition) is 0. The van der Waals surface area contributed by atoms with Gasteiger partial charge >= 0.3 is 0 Å². The monoisotopic (exact) mass is 317 g/mol. The number of para-hydroxylation sites is 1. The van der Waals surface area contributed by atoms with Gasteiger partial charge < -0.3 is 0 Å². The molecule has 5 heteroatoms. The Bertz CT molecular complexity index is 598. The lowest BCUT2D eigenvalue weighted by atomic mass is 10.1. The van der Waals surface area contributed by atoms with E-state index in [0.29, 0.717) is 27.2 Å². The molecule has 0 fully saturated rings. The van der Waals surface area contributed by atoms with E-state index in [2.05, 4.69) is 20.9 Å². The van der Waals surface area contributed by atoms with Gasteiger partial charge in [0.15, 0.2) is 0 Å². The van der Waals surface area contributed by atoms with Crippen LogP contribution in [0, 0.1) is 6.92 Å². The number of aromatic nitrogens is 1. The second-order valence-corrected chi connectivity index (χ2v) is 4.87. The fourth-order valence-electron chi connectivity index (χ4n) is 1.57. The van der Waals surface area contributed by atoms with E-state index in [9.17, 15) is 4.79 Å². The van der Waals surface area contributed by atoms with Gasteiger partial charge in [-0.25, -0.2) is 4.98 Å². The first kappa shape index (κ1) is 11.8. The fourth-order valence-corrected chi connectivity index (χ4v) is 2.45. The Labute approximate surface area is 111 Å². The highest BCUT2D eigenvalue weighted by atomic mass is 79.9. The maximum absolute atomic E-state index is 11.4. The number of carbonyl (C=O) groups is 1. The normalized spacial score (nSPS) is 10.8. The summed E-state index contributed by atoms with van der Waals surface area (Å²) < 4.78 is 0.783. The molecule has 0 aliphatic heterocycles. The van der Waals surface area contributed by atoms with Crippen LogP contribution in [-0.2, 0) is 0 Å². The molecule has 0 saturated heterocycles. The first-order valence-corrected chi connectivity index (χ1v) is 6.01. The summed E-state index contributed by atoms with van der Waals surface area (Å²) in [5, 5.41) is 0.476. The molecule has 0 bridgehead atoms. The first-order valence-electron chi connectivity index (χ1n) is 4.46. The number of rotatable bonds is 1. The van der Waals surface area contributed by atoms with Crippen LogP contribution in [0.4, 0.5) is 0 Å². The van der Waals surface area contributed by atoms with Crippen LogP contribution >= 0.6 is 39.1 Å². The molecule has 0 aliphatic rings. The molecule has 2 aromatic rings. The zero-order valence-electron chi connectivity index (χ0n) is 8.22. The summed E-state index contributed by atoms with van der Waals surface area (Å²) in [6.07, 6.45) is 0. The summed E-state index contributed by atoms with van der Waals surface area (Å²) in [5.74, 6) is 0. The average molecular weight is 319 g/mol. The first-order chi connectivity index (χ1) is 7.52. The van der Waals surface area contributed by atoms with E-state index in [-0.39, 0.29) is 0 Å². The highest BCUT2D eigenvalue weighted by Crippen LogP contribution is 2.31. The Balaban J connectivity index is 3.00. The lowest BCUT2D eigenvalue weighted by Crippen LogP contribution is -1.99. The molecular formula is C11H6BrCl2NO. The van der Waals surface area contributed by atoms with Crippen molar-refractivity contribution < 1.29 is 4.79 Å². The third kappa shape index (κ3) is 1.83. The molecule has 1 aromatic heterocycles. The van der Waals surface area contributed by atoms with Gasteiger partial charge in [-0.3, -0.25) is 4.79 Å². The van der Waals surface area contributed by atoms with Crippen LogP contribution in [0.5, 0.6) is 0 Å². The summed E-state index contributed by atoms with van der Waals surface area (Å²) in [4.78, 5) is 15.6. The molecule has 2 nitrogen and oxygen atoms in total. The molecule has 0 aliphatic carbocycles. The minimum Gasteiger partial charge on any atom is -0.276 e. The average Bonchev–Trinajstić information content (AvgIpc) is 2.21. The third-order valence-corrected chi connectivity index (χ3v) is 3.54. The van der Waals surface area contributed by atoms with Gasteiger partial charge in [-0.2, -0.15) is 0 Å². The molecule has 0 N–H and O–H groups in total. The second kappa shape index (κ2) is 4.32. The van der Waals surface area contributed by atoms with Crippen molar-refractivity contribution >= 4 is 55.3 Å². The van der Waals surface area contributed by atoms with Crippen LogP contribution < -0.4 is 0 Å². The quantitative estimate of drug-likeness (QED) is 0.578. The summed E-state index contributed by atoms with van der Waals surface area (Å²) >= 11 is 14.9. The summed E-state index contributed by atoms with van der Waals surface area (Å²) in [6.45, 7) is 1.73. The van der Waals surface area contributed by atoms with E-state index >= 15 is 0 Å². The van der Waals surface area contributed by atoms with E-state index in [1.54, 1.807) is 13.0 Å². The molecular weight excluding hydrogens is 313 g/mol. The minimum absolute atomic E-state index is 0.295. The number of carbonyl (C=O) groups excluding carboxylic acids is 1. The van der Waals surface area contributed by atoms with Crippen LogP contribution in [0.2, 0.25) is 5.15 Å². The van der Waals surface area contributed by atoms with Crippen molar-refractivity contribution in [2.45, 2.75) is 6.92 Å². The Kier molecular flexibility index (Phi) is 3.19. The van der Waals surface area contributed by atoms with E-state index in [4.69, 9.17) is 23.2 Å². The molecule has 0 atom stereocenters. The van der Waals surface area contributed by atoms with Crippen molar-refractivity contribution in [3.05, 3.63) is 39.0 Å². The van der Waals surface area contributed by atoms with Gasteiger partial charge in [-0.05, 0) is 46.1 Å². The van der Waals surface area contributed by atoms with Gasteiger partial charge in [-0.15, -0.1) is 0 Å². The van der Waals surface area contributed by atoms with Gasteiger partial charge in [0.25, 0.3) is 5.24 Å². The molecule has 0 radical (unpaired) electrons. The van der Waals surface area contributed by atoms with Crippen LogP contribution in [0.1, 0.15) is 15.9 Å². The number of nitrogens with zero attached hydrogens (tertiary/aromatic N) is 1. The van der Waals surface area contributed by atoms with Crippen LogP contribution in [0.15, 0.2) is 22.7 Å². The third-order valence-electron chi connectivity index (χ3n) is 2.35. The van der Waals surface area contributed by atoms with Crippen molar-refractivity contribution in [1.29, 1.82) is 0 Å². The Morgan fingerprint density at radius 3 is 2.75 bits per heavy atom. The zero-order chi connectivity index (χ0) is 11.9. The maximum Gasteiger partial charge on any atom is 0.253 e. The van der Waals surface area contributed by atoms with E-state index < -0.39 is 5.24 Å². The molecule has 0 spiro atoms. The Morgan fingerprint density at radius 2 is 2.12 bits per heavy atom. The van der Waals surface area contributed by atoms with Gasteiger partial charge in [0.05, 0.1) is 5.52 Å². The van der Waals surface area contributed by atoms with Crippen molar-refractivity contribution in [3.63, 3.8) is 0 Å². The van der Waals surface area contributed by atoms with Gasteiger partial charge in [-0.1, -0.05) is 23.7 Å². The van der Waals surface area contributed by atoms with E-state index in [1.807, 2.05) is 12.1 Å². The van der Waals surface area contributed by atoms with Crippen LogP contribution in [-0.4, -0.2) is 10.2 Å². The van der Waals surface area contributed by atoms with Crippen molar-refractivity contribution in [2.24, 2.45) is 0 Å². The zero-order valence-corrected chi connectivity index (χ0v) is 11.3. The largest absolute Gasteiger partial charge is 0.276 e. The van der Waals surface area contributed by atoms with Crippen LogP contribution in [0.3, 0.4) is 0 Å². The van der Waals surface area contributed by atoms with Crippen molar-refractivity contribution in [2.75, 3.05) is 0 Å². The summed E-state index contributed by atoms with van der Waals surface area (Å²) in [7, 11) is 0. The number of benzene rings is 1. The maximum atomic E-state index is 11.4. The predicted molar refractivity (Wildman–Crippen MR) is 69.4 cm³/mol. The molecule has 2 rings (SSSR count). The molecule has 82 valence electrons. The topological polar surface area (TPSA) is 30.0 Å². The SMILES string of the molecule is Cc1c(Cl)nc2c(Br)cccc2c1C(=O)Cl. The molecule has 1 aromatic carbocycles. The van der Waals surface area contributed by atoms with Gasteiger partial charge in [0.2, 0.25) is 0 Å². The summed E-state index contributed by atoms with van der Waals surface area (Å²) in [5.41, 5.74) is 1.66. The van der Waals surface area contributed by atoms with E-state index in [0.717, 1.165) is 4.47 Å². The molecule has 0 saturated carbocycles. The van der Waals surface area contributed by atoms with Crippen molar-refractivity contribution in [3.8, 4) is 0 Å². The lowest BCUT2D eigenvalue weighted by Gasteiger charge is -2.08. The predicted octanol–water partition coefficient (Wildman–Crippen LogP) is 4.34. The molecule has 16 heavy (non-hydrogen) atoms. The minimum atomic E-state index is -0.523. The fraction of sp³-hybridized carbons (Fsp3) is 0.0909. The molecule has 1 heterocycles. The summed E-state index contributed by atoms with van der Waals surface area (Å²) in [6, 6.07) is 5.46. The second-order valence-electron chi connectivity index (χ2n) is 3.31. The highest BCUT2D eigenvalue weighted by molar-refractivity contribution is 9.10. The number of halogens is 3. The highest BCUT2D eigenvalue weighted by Gasteiger charge is 2.16. The Morgan fingerprint density at radius 1 is 1.44 bits per heavy atom. The van der Waals surface area contributed by atoms with Crippen molar-refractivity contribution in [1.82, 2.24) is 4.98 Å². The van der Waals surface area contributed by atoms with Gasteiger partial charge in [0, 0.05) is 15.4 Å². The van der Waals surface area contributed by atoms with Crippen LogP contribution in [0.25, 0.3) is 10.9 Å². The molecule has 0 amide bonds. The van der Waals surface area contributed by atoms with Gasteiger partial charge in [0.1, 0.15) is 5.15 Å².